The van der Waals surface area contributed by atoms with Crippen molar-refractivity contribution in [3.63, 3.8) is 0 Å². The molecule has 0 radical (unpaired) electrons. The molecule has 0 saturated carbocycles. The summed E-state index contributed by atoms with van der Waals surface area (Å²) in [7, 11) is 0. The number of nitrogens with zero attached hydrogens (tertiary/aromatic N) is 1. The van der Waals surface area contributed by atoms with Crippen molar-refractivity contribution in [2.75, 3.05) is 6.54 Å². The summed E-state index contributed by atoms with van der Waals surface area (Å²) in [5.74, 6) is -0.407. The number of aromatic amines is 1. The molecule has 1 heterocycles. The van der Waals surface area contributed by atoms with Gasteiger partial charge in [0.05, 0.1) is 6.33 Å². The Balaban J connectivity index is 2.56. The van der Waals surface area contributed by atoms with E-state index in [1.165, 1.54) is 13.0 Å². The molecule has 0 aromatic carbocycles. The second-order valence-corrected chi connectivity index (χ2v) is 3.14. The number of aromatic hydroxyl groups is 1. The first-order valence-electron chi connectivity index (χ1n) is 4.79. The fraction of sp³-hybridized carbons (Fsp3) is 0.300. The van der Waals surface area contributed by atoms with Crippen molar-refractivity contribution in [3.8, 4) is 5.88 Å². The quantitative estimate of drug-likeness (QED) is 0.627. The molecule has 6 heteroatoms. The lowest BCUT2D eigenvalue weighted by Gasteiger charge is -1.97. The molecule has 0 unspecified atom stereocenters. The normalized spacial score (nSPS) is 10.6. The van der Waals surface area contributed by atoms with Gasteiger partial charge in [0, 0.05) is 13.5 Å². The zero-order chi connectivity index (χ0) is 12.0. The fourth-order valence-corrected chi connectivity index (χ4v) is 1.08. The molecule has 0 saturated heterocycles. The smallest absolute Gasteiger partial charge is 0.261 e. The molecule has 3 N–H and O–H groups in total. The van der Waals surface area contributed by atoms with E-state index in [1.807, 2.05) is 0 Å². The van der Waals surface area contributed by atoms with Crippen molar-refractivity contribution >= 4 is 12.0 Å². The van der Waals surface area contributed by atoms with Crippen LogP contribution in [0, 0.1) is 0 Å². The number of rotatable bonds is 4. The van der Waals surface area contributed by atoms with E-state index in [1.54, 1.807) is 6.08 Å². The molecule has 1 aromatic rings. The molecule has 0 bridgehead atoms. The summed E-state index contributed by atoms with van der Waals surface area (Å²) in [6, 6.07) is 0. The van der Waals surface area contributed by atoms with Crippen molar-refractivity contribution < 1.29 is 9.90 Å². The standard InChI is InChI=1S/C10H13N3O3/c1-7(14)11-5-3-2-4-8-9(15)12-6-13-10(8)16/h2,4,6H,3,5H2,1H3,(H,11,14)(H2,12,13,15,16). The molecule has 0 atom stereocenters. The molecule has 1 aromatic heterocycles. The Morgan fingerprint density at radius 3 is 3.06 bits per heavy atom. The molecule has 0 aliphatic rings. The van der Waals surface area contributed by atoms with E-state index >= 15 is 0 Å². The molecule has 86 valence electrons. The third kappa shape index (κ3) is 3.56. The third-order valence-corrected chi connectivity index (χ3v) is 1.84. The lowest BCUT2D eigenvalue weighted by Crippen LogP contribution is -2.20. The van der Waals surface area contributed by atoms with Gasteiger partial charge in [-0.25, -0.2) is 4.98 Å². The highest BCUT2D eigenvalue weighted by Crippen LogP contribution is 2.07. The number of hydrogen-bond donors (Lipinski definition) is 3. The maximum atomic E-state index is 11.2. The van der Waals surface area contributed by atoms with Gasteiger partial charge in [0.1, 0.15) is 5.56 Å². The first-order chi connectivity index (χ1) is 7.61. The summed E-state index contributed by atoms with van der Waals surface area (Å²) >= 11 is 0. The molecule has 16 heavy (non-hydrogen) atoms. The predicted molar refractivity (Wildman–Crippen MR) is 58.9 cm³/mol. The summed E-state index contributed by atoms with van der Waals surface area (Å²) in [5, 5.41) is 11.9. The Morgan fingerprint density at radius 2 is 2.44 bits per heavy atom. The number of hydrogen-bond acceptors (Lipinski definition) is 4. The minimum atomic E-state index is -0.400. The molecule has 6 nitrogen and oxygen atoms in total. The van der Waals surface area contributed by atoms with Crippen LogP contribution in [-0.2, 0) is 4.79 Å². The van der Waals surface area contributed by atoms with E-state index < -0.39 is 5.56 Å². The van der Waals surface area contributed by atoms with E-state index in [-0.39, 0.29) is 17.4 Å². The van der Waals surface area contributed by atoms with Crippen molar-refractivity contribution in [2.45, 2.75) is 13.3 Å². The number of carbonyl (C=O) groups excluding carboxylic acids is 1. The molecule has 0 spiro atoms. The number of carbonyl (C=O) groups is 1. The van der Waals surface area contributed by atoms with Gasteiger partial charge in [-0.3, -0.25) is 9.59 Å². The van der Waals surface area contributed by atoms with Gasteiger partial charge in [-0.15, -0.1) is 0 Å². The minimum Gasteiger partial charge on any atom is -0.493 e. The van der Waals surface area contributed by atoms with Gasteiger partial charge in [-0.1, -0.05) is 6.08 Å². The Labute approximate surface area is 92.0 Å². The average molecular weight is 223 g/mol. The average Bonchev–Trinajstić information content (AvgIpc) is 2.21. The van der Waals surface area contributed by atoms with E-state index in [9.17, 15) is 14.7 Å². The highest BCUT2D eigenvalue weighted by atomic mass is 16.3. The van der Waals surface area contributed by atoms with Gasteiger partial charge in [0.25, 0.3) is 5.56 Å². The van der Waals surface area contributed by atoms with E-state index in [0.29, 0.717) is 13.0 Å². The molecule has 0 aliphatic carbocycles. The third-order valence-electron chi connectivity index (χ3n) is 1.84. The van der Waals surface area contributed by atoms with Gasteiger partial charge < -0.3 is 15.4 Å². The number of amides is 1. The summed E-state index contributed by atoms with van der Waals surface area (Å²) in [5.41, 5.74) is -0.284. The number of nitrogens with one attached hydrogen (secondary N) is 2. The van der Waals surface area contributed by atoms with Crippen LogP contribution in [-0.4, -0.2) is 27.5 Å². The molecular formula is C10H13N3O3. The van der Waals surface area contributed by atoms with Crippen LogP contribution in [0.25, 0.3) is 6.08 Å². The zero-order valence-electron chi connectivity index (χ0n) is 8.86. The minimum absolute atomic E-state index is 0.101. The van der Waals surface area contributed by atoms with Gasteiger partial charge in [0.2, 0.25) is 11.8 Å². The lowest BCUT2D eigenvalue weighted by molar-refractivity contribution is -0.118. The van der Waals surface area contributed by atoms with Gasteiger partial charge in [0.15, 0.2) is 0 Å². The highest BCUT2D eigenvalue weighted by Gasteiger charge is 2.01. The summed E-state index contributed by atoms with van der Waals surface area (Å²) in [6.07, 6.45) is 4.87. The summed E-state index contributed by atoms with van der Waals surface area (Å²) < 4.78 is 0. The Bertz CT molecular complexity index is 451. The van der Waals surface area contributed by atoms with Crippen LogP contribution in [0.4, 0.5) is 0 Å². The van der Waals surface area contributed by atoms with Crippen molar-refractivity contribution in [1.82, 2.24) is 15.3 Å². The van der Waals surface area contributed by atoms with Gasteiger partial charge >= 0.3 is 0 Å². The van der Waals surface area contributed by atoms with Crippen molar-refractivity contribution in [3.05, 3.63) is 28.3 Å². The first kappa shape index (κ1) is 12.0. The topological polar surface area (TPSA) is 95.1 Å². The molecule has 1 rings (SSSR count). The van der Waals surface area contributed by atoms with Crippen LogP contribution in [0.15, 0.2) is 17.2 Å². The second kappa shape index (κ2) is 5.69. The molecule has 0 fully saturated rings. The maximum Gasteiger partial charge on any atom is 0.261 e. The molecular weight excluding hydrogens is 210 g/mol. The van der Waals surface area contributed by atoms with Crippen molar-refractivity contribution in [1.29, 1.82) is 0 Å². The van der Waals surface area contributed by atoms with E-state index in [0.717, 1.165) is 6.33 Å². The monoisotopic (exact) mass is 223 g/mol. The van der Waals surface area contributed by atoms with Gasteiger partial charge in [-0.05, 0) is 12.5 Å². The molecule has 1 amide bonds. The SMILES string of the molecule is CC(=O)NCCC=Cc1c(O)nc[nH]c1=O. The van der Waals surface area contributed by atoms with Crippen LogP contribution in [0.3, 0.4) is 0 Å². The van der Waals surface area contributed by atoms with Crippen LogP contribution in [0.1, 0.15) is 18.9 Å². The van der Waals surface area contributed by atoms with E-state index in [2.05, 4.69) is 15.3 Å². The van der Waals surface area contributed by atoms with Crippen LogP contribution >= 0.6 is 0 Å². The predicted octanol–water partition coefficient (Wildman–Crippen LogP) is 0.0149. The zero-order valence-corrected chi connectivity index (χ0v) is 8.86. The van der Waals surface area contributed by atoms with E-state index in [4.69, 9.17) is 0 Å². The first-order valence-corrected chi connectivity index (χ1v) is 4.79. The van der Waals surface area contributed by atoms with Crippen LogP contribution < -0.4 is 10.9 Å². The Morgan fingerprint density at radius 1 is 1.69 bits per heavy atom. The summed E-state index contributed by atoms with van der Waals surface area (Å²) in [6.45, 7) is 1.92. The number of aromatic nitrogens is 2. The largest absolute Gasteiger partial charge is 0.493 e. The maximum absolute atomic E-state index is 11.2. The Kier molecular flexibility index (Phi) is 4.26. The van der Waals surface area contributed by atoms with Crippen LogP contribution in [0.2, 0.25) is 0 Å². The second-order valence-electron chi connectivity index (χ2n) is 3.14. The van der Waals surface area contributed by atoms with Crippen LogP contribution in [0.5, 0.6) is 5.88 Å². The summed E-state index contributed by atoms with van der Waals surface area (Å²) in [4.78, 5) is 27.7. The lowest BCUT2D eigenvalue weighted by atomic mass is 10.2. The van der Waals surface area contributed by atoms with Crippen molar-refractivity contribution in [2.24, 2.45) is 0 Å². The fourth-order valence-electron chi connectivity index (χ4n) is 1.08. The van der Waals surface area contributed by atoms with Gasteiger partial charge in [-0.2, -0.15) is 0 Å². The highest BCUT2D eigenvalue weighted by molar-refractivity contribution is 5.72. The Hall–Kier alpha value is -2.11. The molecule has 0 aliphatic heterocycles. The number of H-pyrrole nitrogens is 1.